The summed E-state index contributed by atoms with van der Waals surface area (Å²) in [4.78, 5) is 29.3. The van der Waals surface area contributed by atoms with Gasteiger partial charge in [-0.15, -0.1) is 15.3 Å². The lowest BCUT2D eigenvalue weighted by molar-refractivity contribution is -0.116. The predicted octanol–water partition coefficient (Wildman–Crippen LogP) is 6.42. The molecule has 2 heterocycles. The van der Waals surface area contributed by atoms with Crippen molar-refractivity contribution < 1.29 is 18.7 Å². The minimum atomic E-state index is -0.600. The summed E-state index contributed by atoms with van der Waals surface area (Å²) in [5.41, 5.74) is 7.95. The van der Waals surface area contributed by atoms with Gasteiger partial charge in [0, 0.05) is 12.0 Å². The number of amidine groups is 1. The number of nitrogens with one attached hydrogen (secondary N) is 2. The van der Waals surface area contributed by atoms with Crippen molar-refractivity contribution in [1.82, 2.24) is 20.4 Å². The van der Waals surface area contributed by atoms with E-state index in [1.807, 2.05) is 45.9 Å². The van der Waals surface area contributed by atoms with Crippen molar-refractivity contribution >= 4 is 40.1 Å². The third-order valence-corrected chi connectivity index (χ3v) is 7.36. The van der Waals surface area contributed by atoms with Crippen LogP contribution in [0.5, 0.6) is 0 Å². The Bertz CT molecular complexity index is 1610. The first-order chi connectivity index (χ1) is 22.3. The fraction of sp³-hybridized carbons (Fsp3) is 0.382. The van der Waals surface area contributed by atoms with Gasteiger partial charge in [-0.1, -0.05) is 54.4 Å². The number of carbonyl (C=O) groups is 2. The van der Waals surface area contributed by atoms with Gasteiger partial charge in [0.15, 0.2) is 5.82 Å². The molecule has 1 aromatic carbocycles. The standard InChI is InChI=1S/C34H43FN8O3S/c1-7-11-23(12-8-2)20-29(44)38-28-18-16-25(40-41-28)13-9-10-14-31-42-43-33(47-31)39-30(45)21-24-15-17-27(35)26(19-24)22(3)37-32(36)46-34(4,5)6/h7-8,11-12,15-19,22H,1,9-10,13-14,20-21H2,2-6H3,(H2,36,37)(H,38,41,44)(H,39,43,45)/b12-8-,23-11+. The largest absolute Gasteiger partial charge is 0.460 e. The Balaban J connectivity index is 1.43. The number of halogens is 1. The molecule has 47 heavy (non-hydrogen) atoms. The van der Waals surface area contributed by atoms with Gasteiger partial charge in [-0.3, -0.25) is 9.59 Å². The number of nitrogens with two attached hydrogens (primary N) is 1. The van der Waals surface area contributed by atoms with E-state index >= 15 is 0 Å². The van der Waals surface area contributed by atoms with Crippen LogP contribution in [0.15, 0.2) is 71.8 Å². The molecule has 2 amide bonds. The minimum Gasteiger partial charge on any atom is -0.460 e. The third kappa shape index (κ3) is 13.2. The lowest BCUT2D eigenvalue weighted by atomic mass is 10.0. The first kappa shape index (κ1) is 36.7. The summed E-state index contributed by atoms with van der Waals surface area (Å²) in [6.45, 7) is 12.8. The van der Waals surface area contributed by atoms with Gasteiger partial charge < -0.3 is 21.1 Å². The molecule has 11 nitrogen and oxygen atoms in total. The highest BCUT2D eigenvalue weighted by Crippen LogP contribution is 2.23. The third-order valence-electron chi connectivity index (χ3n) is 6.46. The van der Waals surface area contributed by atoms with E-state index in [2.05, 4.69) is 42.6 Å². The van der Waals surface area contributed by atoms with E-state index in [0.717, 1.165) is 35.5 Å². The molecular formula is C34H43FN8O3S. The molecule has 0 spiro atoms. The summed E-state index contributed by atoms with van der Waals surface area (Å²) < 4.78 is 20.1. The molecular weight excluding hydrogens is 619 g/mol. The number of unbranched alkanes of at least 4 members (excludes halogenated alkanes) is 1. The van der Waals surface area contributed by atoms with Gasteiger partial charge in [0.25, 0.3) is 6.02 Å². The van der Waals surface area contributed by atoms with Crippen molar-refractivity contribution in [3.8, 4) is 0 Å². The number of hydrogen-bond donors (Lipinski definition) is 3. The number of hydrogen-bond acceptors (Lipinski definition) is 9. The number of allylic oxidation sites excluding steroid dienone is 4. The molecule has 13 heteroatoms. The Morgan fingerprint density at radius 2 is 1.85 bits per heavy atom. The number of anilines is 2. The average Bonchev–Trinajstić information content (AvgIpc) is 3.43. The Labute approximate surface area is 279 Å². The van der Waals surface area contributed by atoms with Crippen molar-refractivity contribution in [3.63, 3.8) is 0 Å². The van der Waals surface area contributed by atoms with Crippen LogP contribution in [0.3, 0.4) is 0 Å². The highest BCUT2D eigenvalue weighted by atomic mass is 32.1. The van der Waals surface area contributed by atoms with Crippen molar-refractivity contribution in [2.24, 2.45) is 10.7 Å². The van der Waals surface area contributed by atoms with Gasteiger partial charge in [-0.25, -0.2) is 9.38 Å². The van der Waals surface area contributed by atoms with E-state index < -0.39 is 17.5 Å². The van der Waals surface area contributed by atoms with E-state index in [-0.39, 0.29) is 30.7 Å². The smallest absolute Gasteiger partial charge is 0.283 e. The van der Waals surface area contributed by atoms with Crippen molar-refractivity contribution in [1.29, 1.82) is 0 Å². The van der Waals surface area contributed by atoms with Crippen LogP contribution in [-0.2, 0) is 33.6 Å². The van der Waals surface area contributed by atoms with Crippen molar-refractivity contribution in [2.75, 3.05) is 10.6 Å². The molecule has 2 aromatic heterocycles. The lowest BCUT2D eigenvalue weighted by Gasteiger charge is -2.21. The molecule has 4 N–H and O–H groups in total. The molecule has 1 atom stereocenters. The molecule has 0 aliphatic carbocycles. The summed E-state index contributed by atoms with van der Waals surface area (Å²) in [6.07, 6.45) is 10.5. The number of benzene rings is 1. The number of nitrogens with zero attached hydrogens (tertiary/aromatic N) is 5. The predicted molar refractivity (Wildman–Crippen MR) is 185 cm³/mol. The summed E-state index contributed by atoms with van der Waals surface area (Å²) in [5.74, 6) is -0.514. The number of amides is 2. The topological polar surface area (TPSA) is 157 Å². The highest BCUT2D eigenvalue weighted by molar-refractivity contribution is 7.15. The van der Waals surface area contributed by atoms with Crippen LogP contribution in [0, 0.1) is 5.82 Å². The second-order valence-corrected chi connectivity index (χ2v) is 12.8. The van der Waals surface area contributed by atoms with E-state index in [4.69, 9.17) is 10.5 Å². The summed E-state index contributed by atoms with van der Waals surface area (Å²) >= 11 is 1.32. The summed E-state index contributed by atoms with van der Waals surface area (Å²) in [7, 11) is 0. The van der Waals surface area contributed by atoms with Gasteiger partial charge in [-0.05, 0) is 83.2 Å². The van der Waals surface area contributed by atoms with E-state index in [1.165, 1.54) is 17.4 Å². The number of carbonyl (C=O) groups excluding carboxylic acids is 2. The molecule has 250 valence electrons. The first-order valence-corrected chi connectivity index (χ1v) is 16.2. The van der Waals surface area contributed by atoms with E-state index in [9.17, 15) is 14.0 Å². The number of ether oxygens (including phenoxy) is 1. The first-order valence-electron chi connectivity index (χ1n) is 15.3. The van der Waals surface area contributed by atoms with Crippen LogP contribution in [0.25, 0.3) is 0 Å². The maximum atomic E-state index is 14.6. The van der Waals surface area contributed by atoms with Gasteiger partial charge in [-0.2, -0.15) is 5.10 Å². The van der Waals surface area contributed by atoms with Crippen LogP contribution >= 0.6 is 11.3 Å². The molecule has 0 radical (unpaired) electrons. The van der Waals surface area contributed by atoms with Gasteiger partial charge in [0.1, 0.15) is 16.4 Å². The van der Waals surface area contributed by atoms with Crippen molar-refractivity contribution in [3.05, 3.63) is 94.4 Å². The summed E-state index contributed by atoms with van der Waals surface area (Å²) in [6, 6.07) is 7.45. The van der Waals surface area contributed by atoms with Crippen molar-refractivity contribution in [2.45, 2.75) is 84.8 Å². The Morgan fingerprint density at radius 3 is 2.53 bits per heavy atom. The number of aliphatic imine (C=N–C) groups is 1. The molecule has 0 saturated carbocycles. The zero-order valence-corrected chi connectivity index (χ0v) is 28.4. The molecule has 3 aromatic rings. The quantitative estimate of drug-likeness (QED) is 0.0728. The SMILES string of the molecule is C=C/C=C(\C=C/C)CC(=O)Nc1ccc(CCCCc2nnc(NC(=O)Cc3ccc(F)c(C(C)N=C(N)OC(C)(C)C)c3)s2)nn1. The normalized spacial score (nSPS) is 13.0. The van der Waals surface area contributed by atoms with Crippen LogP contribution in [0.1, 0.15) is 81.8 Å². The lowest BCUT2D eigenvalue weighted by Crippen LogP contribution is -2.29. The molecule has 0 saturated heterocycles. The zero-order valence-electron chi connectivity index (χ0n) is 27.5. The number of aromatic nitrogens is 4. The van der Waals surface area contributed by atoms with Gasteiger partial charge in [0.05, 0.1) is 24.6 Å². The molecule has 0 fully saturated rings. The fourth-order valence-electron chi connectivity index (χ4n) is 4.43. The Kier molecular flexibility index (Phi) is 13.9. The number of aryl methyl sites for hydroxylation is 2. The van der Waals surface area contributed by atoms with E-state index in [0.29, 0.717) is 28.5 Å². The maximum absolute atomic E-state index is 14.6. The maximum Gasteiger partial charge on any atom is 0.283 e. The van der Waals surface area contributed by atoms with Crippen LogP contribution < -0.4 is 16.4 Å². The van der Waals surface area contributed by atoms with Crippen LogP contribution in [0.4, 0.5) is 15.3 Å². The zero-order chi connectivity index (χ0) is 34.4. The minimum absolute atomic E-state index is 0.0275. The monoisotopic (exact) mass is 662 g/mol. The average molecular weight is 663 g/mol. The fourth-order valence-corrected chi connectivity index (χ4v) is 5.23. The molecule has 0 aliphatic heterocycles. The van der Waals surface area contributed by atoms with Gasteiger partial charge >= 0.3 is 0 Å². The second-order valence-electron chi connectivity index (χ2n) is 11.8. The Morgan fingerprint density at radius 1 is 1.09 bits per heavy atom. The molecule has 0 bridgehead atoms. The Hall–Kier alpha value is -4.78. The molecule has 3 rings (SSSR count). The second kappa shape index (κ2) is 17.8. The van der Waals surface area contributed by atoms with Crippen LogP contribution in [0.2, 0.25) is 0 Å². The van der Waals surface area contributed by atoms with Gasteiger partial charge in [0.2, 0.25) is 16.9 Å². The highest BCUT2D eigenvalue weighted by Gasteiger charge is 2.17. The molecule has 1 unspecified atom stereocenters. The summed E-state index contributed by atoms with van der Waals surface area (Å²) in [5, 5.41) is 23.4. The van der Waals surface area contributed by atoms with Crippen LogP contribution in [-0.4, -0.2) is 43.8 Å². The van der Waals surface area contributed by atoms with E-state index in [1.54, 1.807) is 37.3 Å². The molecule has 0 aliphatic rings. The number of rotatable bonds is 15.